The zero-order valence-electron chi connectivity index (χ0n) is 7.88. The second-order valence-electron chi connectivity index (χ2n) is 2.96. The van der Waals surface area contributed by atoms with E-state index in [9.17, 15) is 9.59 Å². The minimum atomic E-state index is -0.747. The van der Waals surface area contributed by atoms with E-state index in [1.54, 1.807) is 13.0 Å². The van der Waals surface area contributed by atoms with E-state index in [1.165, 1.54) is 11.2 Å². The fourth-order valence-electron chi connectivity index (χ4n) is 1.36. The average Bonchev–Trinajstić information content (AvgIpc) is 2.78. The first-order valence-corrected chi connectivity index (χ1v) is 4.21. The number of ether oxygens (including phenoxy) is 1. The standard InChI is InChI=1S/C8H8N4O3/c1-5-2-6(15-4-13)12(7(5)14)8-9-3-10-11-8/h2-4,6H,1H3,(H,9,10,11). The van der Waals surface area contributed by atoms with Gasteiger partial charge in [-0.15, -0.1) is 10.2 Å². The second kappa shape index (κ2) is 3.52. The van der Waals surface area contributed by atoms with Crippen LogP contribution < -0.4 is 4.90 Å². The fraction of sp³-hybridized carbons (Fsp3) is 0.250. The summed E-state index contributed by atoms with van der Waals surface area (Å²) in [6.45, 7) is 1.93. The molecule has 0 aromatic carbocycles. The van der Waals surface area contributed by atoms with Gasteiger partial charge in [0, 0.05) is 5.57 Å². The fourth-order valence-corrected chi connectivity index (χ4v) is 1.36. The largest absolute Gasteiger partial charge is 0.439 e. The minimum Gasteiger partial charge on any atom is -0.439 e. The normalized spacial score (nSPS) is 20.3. The lowest BCUT2D eigenvalue weighted by atomic mass is 10.3. The van der Waals surface area contributed by atoms with Crippen molar-refractivity contribution in [3.8, 4) is 0 Å². The Balaban J connectivity index is 2.30. The van der Waals surface area contributed by atoms with Crippen LogP contribution in [0, 0.1) is 0 Å². The van der Waals surface area contributed by atoms with Crippen molar-refractivity contribution in [2.45, 2.75) is 13.2 Å². The van der Waals surface area contributed by atoms with Crippen molar-refractivity contribution in [2.24, 2.45) is 0 Å². The van der Waals surface area contributed by atoms with E-state index >= 15 is 0 Å². The number of rotatable bonds is 3. The predicted octanol–water partition coefficient (Wildman–Crippen LogP) is -0.403. The summed E-state index contributed by atoms with van der Waals surface area (Å²) < 4.78 is 4.74. The highest BCUT2D eigenvalue weighted by molar-refractivity contribution is 6.07. The molecule has 0 fully saturated rings. The monoisotopic (exact) mass is 208 g/mol. The summed E-state index contributed by atoms with van der Waals surface area (Å²) in [6.07, 6.45) is 2.14. The smallest absolute Gasteiger partial charge is 0.295 e. The number of carbonyl (C=O) groups excluding carboxylic acids is 2. The molecule has 1 aliphatic heterocycles. The molecule has 0 radical (unpaired) electrons. The number of carbonyl (C=O) groups is 2. The van der Waals surface area contributed by atoms with Crippen molar-refractivity contribution < 1.29 is 14.3 Å². The Hall–Kier alpha value is -2.18. The van der Waals surface area contributed by atoms with Crippen LogP contribution in [-0.4, -0.2) is 33.8 Å². The van der Waals surface area contributed by atoms with Crippen LogP contribution in [0.4, 0.5) is 5.95 Å². The highest BCUT2D eigenvalue weighted by Crippen LogP contribution is 2.22. The lowest BCUT2D eigenvalue weighted by molar-refractivity contribution is -0.132. The molecule has 1 unspecified atom stereocenters. The topological polar surface area (TPSA) is 88.2 Å². The van der Waals surface area contributed by atoms with Crippen LogP contribution in [0.5, 0.6) is 0 Å². The summed E-state index contributed by atoms with van der Waals surface area (Å²) in [5, 5.41) is 7.24. The number of nitrogens with one attached hydrogen (secondary N) is 1. The van der Waals surface area contributed by atoms with Crippen LogP contribution in [0.3, 0.4) is 0 Å². The minimum absolute atomic E-state index is 0.250. The van der Waals surface area contributed by atoms with Crippen LogP contribution in [-0.2, 0) is 14.3 Å². The molecule has 1 aromatic rings. The van der Waals surface area contributed by atoms with Crippen molar-refractivity contribution in [1.82, 2.24) is 15.2 Å². The van der Waals surface area contributed by atoms with Gasteiger partial charge in [-0.2, -0.15) is 0 Å². The second-order valence-corrected chi connectivity index (χ2v) is 2.96. The third kappa shape index (κ3) is 1.47. The SMILES string of the molecule is CC1=CC(OC=O)N(c2nnc[nH]2)C1=O. The Morgan fingerprint density at radius 3 is 3.07 bits per heavy atom. The van der Waals surface area contributed by atoms with Gasteiger partial charge in [-0.1, -0.05) is 0 Å². The van der Waals surface area contributed by atoms with E-state index in [-0.39, 0.29) is 18.3 Å². The van der Waals surface area contributed by atoms with E-state index in [1.807, 2.05) is 0 Å². The summed E-state index contributed by atoms with van der Waals surface area (Å²) >= 11 is 0. The number of hydrogen-bond acceptors (Lipinski definition) is 5. The van der Waals surface area contributed by atoms with Gasteiger partial charge in [-0.3, -0.25) is 9.59 Å². The number of nitrogens with zero attached hydrogens (tertiary/aromatic N) is 3. The van der Waals surface area contributed by atoms with E-state index in [4.69, 9.17) is 4.74 Å². The Bertz CT molecular complexity index is 412. The van der Waals surface area contributed by atoms with Crippen LogP contribution in [0.2, 0.25) is 0 Å². The number of amides is 1. The molecule has 7 heteroatoms. The molecule has 1 N–H and O–H groups in total. The van der Waals surface area contributed by atoms with E-state index < -0.39 is 6.23 Å². The molecule has 2 rings (SSSR count). The molecular formula is C8H8N4O3. The van der Waals surface area contributed by atoms with Crippen LogP contribution in [0.15, 0.2) is 18.0 Å². The number of aromatic nitrogens is 3. The third-order valence-corrected chi connectivity index (χ3v) is 2.03. The quantitative estimate of drug-likeness (QED) is 0.682. The maximum Gasteiger partial charge on any atom is 0.295 e. The summed E-state index contributed by atoms with van der Waals surface area (Å²) in [5.74, 6) is -0.0152. The maximum absolute atomic E-state index is 11.7. The Labute approximate surface area is 84.7 Å². The lowest BCUT2D eigenvalue weighted by Gasteiger charge is -2.19. The summed E-state index contributed by atoms with van der Waals surface area (Å²) in [5.41, 5.74) is 0.498. The molecule has 1 amide bonds. The third-order valence-electron chi connectivity index (χ3n) is 2.03. The Kier molecular flexibility index (Phi) is 2.20. The summed E-state index contributed by atoms with van der Waals surface area (Å²) in [6, 6.07) is 0. The van der Waals surface area contributed by atoms with Gasteiger partial charge in [0.25, 0.3) is 12.4 Å². The molecule has 0 saturated carbocycles. The van der Waals surface area contributed by atoms with Gasteiger partial charge in [-0.05, 0) is 13.0 Å². The van der Waals surface area contributed by atoms with Crippen molar-refractivity contribution in [2.75, 3.05) is 4.90 Å². The predicted molar refractivity (Wildman–Crippen MR) is 48.6 cm³/mol. The number of anilines is 1. The maximum atomic E-state index is 11.7. The van der Waals surface area contributed by atoms with Crippen molar-refractivity contribution in [3.63, 3.8) is 0 Å². The van der Waals surface area contributed by atoms with Crippen LogP contribution >= 0.6 is 0 Å². The molecule has 1 atom stereocenters. The molecular weight excluding hydrogens is 200 g/mol. The lowest BCUT2D eigenvalue weighted by Crippen LogP contribution is -2.36. The van der Waals surface area contributed by atoms with Crippen molar-refractivity contribution in [3.05, 3.63) is 18.0 Å². The number of aromatic amines is 1. The van der Waals surface area contributed by atoms with Gasteiger partial charge in [0.05, 0.1) is 0 Å². The Morgan fingerprint density at radius 2 is 2.47 bits per heavy atom. The first-order chi connectivity index (χ1) is 7.24. The molecule has 1 aromatic heterocycles. The molecule has 0 bridgehead atoms. The van der Waals surface area contributed by atoms with Gasteiger partial charge in [0.1, 0.15) is 6.33 Å². The first-order valence-electron chi connectivity index (χ1n) is 4.21. The highest BCUT2D eigenvalue weighted by atomic mass is 16.5. The zero-order valence-corrected chi connectivity index (χ0v) is 7.88. The Morgan fingerprint density at radius 1 is 1.67 bits per heavy atom. The average molecular weight is 208 g/mol. The molecule has 0 spiro atoms. The molecule has 7 nitrogen and oxygen atoms in total. The first kappa shape index (κ1) is 9.38. The van der Waals surface area contributed by atoms with Gasteiger partial charge in [0.15, 0.2) is 0 Å². The van der Waals surface area contributed by atoms with Gasteiger partial charge in [0.2, 0.25) is 12.2 Å². The van der Waals surface area contributed by atoms with Gasteiger partial charge >= 0.3 is 0 Å². The number of H-pyrrole nitrogens is 1. The van der Waals surface area contributed by atoms with Crippen molar-refractivity contribution in [1.29, 1.82) is 0 Å². The number of hydrogen-bond donors (Lipinski definition) is 1. The van der Waals surface area contributed by atoms with E-state index in [0.29, 0.717) is 5.57 Å². The molecule has 1 aliphatic rings. The molecule has 0 aliphatic carbocycles. The summed E-state index contributed by atoms with van der Waals surface area (Å²) in [4.78, 5) is 25.8. The molecule has 0 saturated heterocycles. The summed E-state index contributed by atoms with van der Waals surface area (Å²) in [7, 11) is 0. The van der Waals surface area contributed by atoms with Gasteiger partial charge in [-0.25, -0.2) is 4.90 Å². The van der Waals surface area contributed by atoms with E-state index in [0.717, 1.165) is 0 Å². The van der Waals surface area contributed by atoms with Gasteiger partial charge < -0.3 is 9.72 Å². The zero-order chi connectivity index (χ0) is 10.8. The van der Waals surface area contributed by atoms with E-state index in [2.05, 4.69) is 15.2 Å². The highest BCUT2D eigenvalue weighted by Gasteiger charge is 2.34. The molecule has 15 heavy (non-hydrogen) atoms. The molecule has 78 valence electrons. The van der Waals surface area contributed by atoms with Crippen LogP contribution in [0.1, 0.15) is 6.92 Å². The molecule has 2 heterocycles. The van der Waals surface area contributed by atoms with Crippen LogP contribution in [0.25, 0.3) is 0 Å². The van der Waals surface area contributed by atoms with Crippen molar-refractivity contribution >= 4 is 18.3 Å².